The monoisotopic (exact) mass is 331 g/mol. The Labute approximate surface area is 139 Å². The molecular weight excluding hydrogens is 318 g/mol. The van der Waals surface area contributed by atoms with Gasteiger partial charge in [0.15, 0.2) is 0 Å². The molecule has 2 aromatic rings. The van der Waals surface area contributed by atoms with Crippen molar-refractivity contribution in [2.24, 2.45) is 4.99 Å². The summed E-state index contributed by atoms with van der Waals surface area (Å²) in [5.74, 6) is -0.152. The van der Waals surface area contributed by atoms with Crippen molar-refractivity contribution in [3.8, 4) is 0 Å². The maximum absolute atomic E-state index is 12.1. The van der Waals surface area contributed by atoms with Gasteiger partial charge in [0.05, 0.1) is 16.3 Å². The van der Waals surface area contributed by atoms with Crippen molar-refractivity contribution in [2.45, 2.75) is 0 Å². The number of hydrogen-bond donors (Lipinski definition) is 0. The number of amides is 1. The average molecular weight is 332 g/mol. The lowest BCUT2D eigenvalue weighted by Gasteiger charge is -2.17. The molecule has 0 saturated heterocycles. The summed E-state index contributed by atoms with van der Waals surface area (Å²) in [7, 11) is 1.65. The van der Waals surface area contributed by atoms with E-state index in [1.807, 2.05) is 30.3 Å². The highest BCUT2D eigenvalue weighted by Crippen LogP contribution is 2.29. The molecule has 0 N–H and O–H groups in total. The molecule has 0 aliphatic carbocycles. The van der Waals surface area contributed by atoms with E-state index in [-0.39, 0.29) is 30.5 Å². The van der Waals surface area contributed by atoms with E-state index in [4.69, 9.17) is 0 Å². The summed E-state index contributed by atoms with van der Waals surface area (Å²) in [6.45, 7) is 0.0171. The number of nitrogens with zero attached hydrogens (tertiary/aromatic N) is 3. The second-order valence-electron chi connectivity index (χ2n) is 4.94. The zero-order chi connectivity index (χ0) is 15.7. The molecule has 0 fully saturated rings. The van der Waals surface area contributed by atoms with Crippen molar-refractivity contribution in [3.63, 3.8) is 0 Å². The van der Waals surface area contributed by atoms with E-state index in [1.54, 1.807) is 13.1 Å². The fourth-order valence-corrected chi connectivity index (χ4v) is 2.43. The number of rotatable bonds is 2. The van der Waals surface area contributed by atoms with Crippen LogP contribution in [0.1, 0.15) is 11.1 Å². The largest absolute Gasteiger partial charge is 0.313 e. The van der Waals surface area contributed by atoms with Crippen LogP contribution in [-0.2, 0) is 4.79 Å². The van der Waals surface area contributed by atoms with Crippen LogP contribution in [0.3, 0.4) is 0 Å². The first-order valence-corrected chi connectivity index (χ1v) is 6.73. The Hall–Kier alpha value is -2.73. The SMILES string of the molecule is CN1C(=O)CN=C(c2ccccc2)c2cc([N+](=O)[O-])ccc21.Cl. The molecule has 3 rings (SSSR count). The van der Waals surface area contributed by atoms with Crippen molar-refractivity contribution in [3.05, 3.63) is 69.8 Å². The lowest BCUT2D eigenvalue weighted by atomic mass is 9.99. The Bertz CT molecular complexity index is 790. The van der Waals surface area contributed by atoms with Gasteiger partial charge < -0.3 is 4.90 Å². The summed E-state index contributed by atoms with van der Waals surface area (Å²) in [5.41, 5.74) is 2.61. The van der Waals surface area contributed by atoms with E-state index in [1.165, 1.54) is 17.0 Å². The second kappa shape index (κ2) is 6.58. The Balaban J connectivity index is 0.00000192. The molecular formula is C16H14ClN3O3. The number of anilines is 1. The van der Waals surface area contributed by atoms with E-state index in [0.29, 0.717) is 17.0 Å². The van der Waals surface area contributed by atoms with Crippen LogP contribution in [0.5, 0.6) is 0 Å². The summed E-state index contributed by atoms with van der Waals surface area (Å²) in [6.07, 6.45) is 0. The summed E-state index contributed by atoms with van der Waals surface area (Å²) < 4.78 is 0. The molecule has 2 aromatic carbocycles. The van der Waals surface area contributed by atoms with Gasteiger partial charge in [-0.1, -0.05) is 30.3 Å². The lowest BCUT2D eigenvalue weighted by molar-refractivity contribution is -0.384. The van der Waals surface area contributed by atoms with E-state index >= 15 is 0 Å². The van der Waals surface area contributed by atoms with Gasteiger partial charge in [0.1, 0.15) is 6.54 Å². The predicted molar refractivity (Wildman–Crippen MR) is 90.7 cm³/mol. The summed E-state index contributed by atoms with van der Waals surface area (Å²) >= 11 is 0. The number of aliphatic imine (C=N–C) groups is 1. The normalized spacial score (nSPS) is 13.5. The van der Waals surface area contributed by atoms with Crippen molar-refractivity contribution in [2.75, 3.05) is 18.5 Å². The third kappa shape index (κ3) is 3.07. The molecule has 0 atom stereocenters. The van der Waals surface area contributed by atoms with Gasteiger partial charge in [-0.15, -0.1) is 12.4 Å². The van der Waals surface area contributed by atoms with Gasteiger partial charge in [0.25, 0.3) is 5.69 Å². The predicted octanol–water partition coefficient (Wildman–Crippen LogP) is 2.83. The van der Waals surface area contributed by atoms with E-state index in [2.05, 4.69) is 4.99 Å². The molecule has 0 unspecified atom stereocenters. The Kier molecular flexibility index (Phi) is 4.76. The lowest BCUT2D eigenvalue weighted by Crippen LogP contribution is -2.27. The molecule has 1 aliphatic rings. The van der Waals surface area contributed by atoms with Crippen LogP contribution in [0.2, 0.25) is 0 Å². The average Bonchev–Trinajstić information content (AvgIpc) is 2.66. The summed E-state index contributed by atoms with van der Waals surface area (Å²) in [6, 6.07) is 13.8. The van der Waals surface area contributed by atoms with Gasteiger partial charge in [-0.05, 0) is 6.07 Å². The molecule has 1 aliphatic heterocycles. The number of hydrogen-bond acceptors (Lipinski definition) is 4. The first-order valence-electron chi connectivity index (χ1n) is 6.73. The topological polar surface area (TPSA) is 75.8 Å². The van der Waals surface area contributed by atoms with Crippen LogP contribution in [0.4, 0.5) is 11.4 Å². The molecule has 1 heterocycles. The molecule has 118 valence electrons. The highest BCUT2D eigenvalue weighted by atomic mass is 35.5. The number of fused-ring (bicyclic) bond motifs is 1. The number of non-ortho nitro benzene ring substituents is 1. The summed E-state index contributed by atoms with van der Waals surface area (Å²) in [4.78, 5) is 28.5. The van der Waals surface area contributed by atoms with Crippen LogP contribution < -0.4 is 4.90 Å². The van der Waals surface area contributed by atoms with Gasteiger partial charge in [0, 0.05) is 30.3 Å². The van der Waals surface area contributed by atoms with Crippen LogP contribution in [0, 0.1) is 10.1 Å². The summed E-state index contributed by atoms with van der Waals surface area (Å²) in [5, 5.41) is 11.0. The first kappa shape index (κ1) is 16.6. The maximum atomic E-state index is 12.1. The van der Waals surface area contributed by atoms with E-state index in [9.17, 15) is 14.9 Å². The molecule has 0 spiro atoms. The Morgan fingerprint density at radius 1 is 1.17 bits per heavy atom. The number of nitro benzene ring substituents is 1. The number of likely N-dealkylation sites (N-methyl/N-ethyl adjacent to an activating group) is 1. The van der Waals surface area contributed by atoms with Crippen LogP contribution in [0.25, 0.3) is 0 Å². The minimum Gasteiger partial charge on any atom is -0.313 e. The molecule has 0 bridgehead atoms. The quantitative estimate of drug-likeness (QED) is 0.627. The standard InChI is InChI=1S/C16H13N3O3.ClH/c1-18-14-8-7-12(19(21)22)9-13(14)16(17-10-15(18)20)11-5-3-2-4-6-11;/h2-9H,10H2,1H3;1H. The number of carbonyl (C=O) groups excluding carboxylic acids is 1. The van der Waals surface area contributed by atoms with Crippen molar-refractivity contribution < 1.29 is 9.72 Å². The third-order valence-electron chi connectivity index (χ3n) is 3.60. The van der Waals surface area contributed by atoms with Crippen molar-refractivity contribution in [1.29, 1.82) is 0 Å². The van der Waals surface area contributed by atoms with Gasteiger partial charge >= 0.3 is 0 Å². The number of benzene rings is 2. The molecule has 0 radical (unpaired) electrons. The molecule has 7 heteroatoms. The molecule has 6 nitrogen and oxygen atoms in total. The van der Waals surface area contributed by atoms with Gasteiger partial charge in [0.2, 0.25) is 5.91 Å². The fourth-order valence-electron chi connectivity index (χ4n) is 2.43. The Morgan fingerprint density at radius 3 is 2.52 bits per heavy atom. The second-order valence-corrected chi connectivity index (χ2v) is 4.94. The maximum Gasteiger partial charge on any atom is 0.270 e. The number of benzodiazepines with no additional fused rings is 1. The number of halogens is 1. The zero-order valence-electron chi connectivity index (χ0n) is 12.3. The molecule has 23 heavy (non-hydrogen) atoms. The van der Waals surface area contributed by atoms with Gasteiger partial charge in [-0.25, -0.2) is 0 Å². The first-order chi connectivity index (χ1) is 10.6. The van der Waals surface area contributed by atoms with E-state index in [0.717, 1.165) is 5.56 Å². The fraction of sp³-hybridized carbons (Fsp3) is 0.125. The minimum atomic E-state index is -0.449. The smallest absolute Gasteiger partial charge is 0.270 e. The van der Waals surface area contributed by atoms with Crippen LogP contribution in [-0.4, -0.2) is 30.1 Å². The zero-order valence-corrected chi connectivity index (χ0v) is 13.1. The van der Waals surface area contributed by atoms with Gasteiger partial charge in [-0.3, -0.25) is 19.9 Å². The van der Waals surface area contributed by atoms with E-state index < -0.39 is 4.92 Å². The number of nitro groups is 1. The van der Waals surface area contributed by atoms with Crippen molar-refractivity contribution in [1.82, 2.24) is 0 Å². The molecule has 1 amide bonds. The van der Waals surface area contributed by atoms with Crippen LogP contribution in [0.15, 0.2) is 53.5 Å². The van der Waals surface area contributed by atoms with Gasteiger partial charge in [-0.2, -0.15) is 0 Å². The number of carbonyl (C=O) groups is 1. The minimum absolute atomic E-state index is 0. The third-order valence-corrected chi connectivity index (χ3v) is 3.60. The Morgan fingerprint density at radius 2 is 1.87 bits per heavy atom. The highest BCUT2D eigenvalue weighted by molar-refractivity contribution is 6.19. The highest BCUT2D eigenvalue weighted by Gasteiger charge is 2.24. The van der Waals surface area contributed by atoms with Crippen molar-refractivity contribution >= 4 is 35.4 Å². The molecule has 0 saturated carbocycles. The van der Waals surface area contributed by atoms with Crippen LogP contribution >= 0.6 is 12.4 Å². The molecule has 0 aromatic heterocycles.